The van der Waals surface area contributed by atoms with Crippen LogP contribution in [-0.2, 0) is 11.3 Å². The largest absolute Gasteiger partial charge is 0.379 e. The molecule has 0 aliphatic carbocycles. The first-order valence-corrected chi connectivity index (χ1v) is 6.64. The van der Waals surface area contributed by atoms with Crippen LogP contribution in [-0.4, -0.2) is 25.5 Å². The molecule has 2 nitrogen and oxygen atoms in total. The van der Waals surface area contributed by atoms with E-state index in [1.54, 1.807) is 0 Å². The van der Waals surface area contributed by atoms with E-state index in [-0.39, 0.29) is 0 Å². The third-order valence-corrected chi connectivity index (χ3v) is 4.04. The van der Waals surface area contributed by atoms with Gasteiger partial charge in [0.25, 0.3) is 0 Å². The van der Waals surface area contributed by atoms with Crippen LogP contribution in [0.2, 0.25) is 0 Å². The summed E-state index contributed by atoms with van der Waals surface area (Å²) in [7, 11) is 1.97. The zero-order valence-electron chi connectivity index (χ0n) is 8.63. The van der Waals surface area contributed by atoms with E-state index in [0.29, 0.717) is 5.25 Å². The number of halogens is 1. The molecule has 15 heavy (non-hydrogen) atoms. The number of nitrogens with one attached hydrogen (secondary N) is 1. The van der Waals surface area contributed by atoms with E-state index < -0.39 is 0 Å². The first kappa shape index (κ1) is 11.5. The van der Waals surface area contributed by atoms with Crippen LogP contribution in [0.4, 0.5) is 0 Å². The zero-order valence-corrected chi connectivity index (χ0v) is 11.0. The number of hydrogen-bond donors (Lipinski definition) is 1. The van der Waals surface area contributed by atoms with Crippen molar-refractivity contribution in [3.63, 3.8) is 0 Å². The fourth-order valence-corrected chi connectivity index (χ4v) is 2.98. The van der Waals surface area contributed by atoms with Gasteiger partial charge in [-0.15, -0.1) is 11.8 Å². The molecule has 0 radical (unpaired) electrons. The maximum absolute atomic E-state index is 5.18. The average molecular weight is 288 g/mol. The SMILES string of the molecule is CNCc1cc(Br)ccc1SC1COC1. The van der Waals surface area contributed by atoms with Crippen molar-refractivity contribution < 1.29 is 4.74 Å². The topological polar surface area (TPSA) is 21.3 Å². The number of thioether (sulfide) groups is 1. The maximum atomic E-state index is 5.18. The molecule has 1 aliphatic rings. The Hall–Kier alpha value is -0.0300. The fourth-order valence-electron chi connectivity index (χ4n) is 1.45. The van der Waals surface area contributed by atoms with Crippen molar-refractivity contribution >= 4 is 27.7 Å². The average Bonchev–Trinajstić information content (AvgIpc) is 2.14. The molecule has 1 aromatic carbocycles. The van der Waals surface area contributed by atoms with Crippen molar-refractivity contribution in [1.82, 2.24) is 5.32 Å². The fraction of sp³-hybridized carbons (Fsp3) is 0.455. The molecule has 82 valence electrons. The first-order chi connectivity index (χ1) is 7.29. The number of hydrogen-bond acceptors (Lipinski definition) is 3. The molecular formula is C11H14BrNOS. The van der Waals surface area contributed by atoms with E-state index in [4.69, 9.17) is 4.74 Å². The Labute approximate surface area is 103 Å². The van der Waals surface area contributed by atoms with Gasteiger partial charge in [0.15, 0.2) is 0 Å². The molecule has 1 fully saturated rings. The maximum Gasteiger partial charge on any atom is 0.0611 e. The second-order valence-corrected chi connectivity index (χ2v) is 5.82. The second kappa shape index (κ2) is 5.34. The molecule has 0 amide bonds. The van der Waals surface area contributed by atoms with Gasteiger partial charge in [0.2, 0.25) is 0 Å². The Morgan fingerprint density at radius 1 is 1.53 bits per heavy atom. The van der Waals surface area contributed by atoms with Crippen LogP contribution in [0.25, 0.3) is 0 Å². The quantitative estimate of drug-likeness (QED) is 0.920. The highest BCUT2D eigenvalue weighted by atomic mass is 79.9. The molecule has 1 saturated heterocycles. The summed E-state index contributed by atoms with van der Waals surface area (Å²) >= 11 is 5.42. The lowest BCUT2D eigenvalue weighted by molar-refractivity contribution is 0.0455. The first-order valence-electron chi connectivity index (χ1n) is 4.97. The van der Waals surface area contributed by atoms with Gasteiger partial charge in [-0.05, 0) is 30.8 Å². The Morgan fingerprint density at radius 2 is 2.33 bits per heavy atom. The minimum absolute atomic E-state index is 0.641. The predicted molar refractivity (Wildman–Crippen MR) is 67.4 cm³/mol. The van der Waals surface area contributed by atoms with Crippen LogP contribution < -0.4 is 5.32 Å². The number of benzene rings is 1. The van der Waals surface area contributed by atoms with E-state index in [2.05, 4.69) is 39.4 Å². The predicted octanol–water partition coefficient (Wildman–Crippen LogP) is 2.66. The Kier molecular flexibility index (Phi) is 4.08. The van der Waals surface area contributed by atoms with E-state index in [9.17, 15) is 0 Å². The summed E-state index contributed by atoms with van der Waals surface area (Å²) < 4.78 is 6.33. The standard InChI is InChI=1S/C11H14BrNOS/c1-13-5-8-4-9(12)2-3-11(8)15-10-6-14-7-10/h2-4,10,13H,5-7H2,1H3. The molecule has 1 N–H and O–H groups in total. The molecule has 0 bridgehead atoms. The van der Waals surface area contributed by atoms with Crippen LogP contribution >= 0.6 is 27.7 Å². The highest BCUT2D eigenvalue weighted by molar-refractivity contribution is 9.10. The molecule has 1 heterocycles. The molecule has 0 saturated carbocycles. The van der Waals surface area contributed by atoms with Crippen LogP contribution in [0.1, 0.15) is 5.56 Å². The van der Waals surface area contributed by atoms with Crippen LogP contribution in [0.15, 0.2) is 27.6 Å². The van der Waals surface area contributed by atoms with Gasteiger partial charge in [0.1, 0.15) is 0 Å². The Morgan fingerprint density at radius 3 is 2.93 bits per heavy atom. The number of ether oxygens (including phenoxy) is 1. The van der Waals surface area contributed by atoms with Crippen molar-refractivity contribution in [2.45, 2.75) is 16.7 Å². The zero-order chi connectivity index (χ0) is 10.7. The summed E-state index contributed by atoms with van der Waals surface area (Å²) in [4.78, 5) is 1.36. The molecule has 0 atom stereocenters. The van der Waals surface area contributed by atoms with E-state index >= 15 is 0 Å². The smallest absolute Gasteiger partial charge is 0.0611 e. The summed E-state index contributed by atoms with van der Waals surface area (Å²) in [6.45, 7) is 2.69. The third kappa shape index (κ3) is 2.97. The minimum Gasteiger partial charge on any atom is -0.379 e. The van der Waals surface area contributed by atoms with Gasteiger partial charge in [-0.25, -0.2) is 0 Å². The molecular weight excluding hydrogens is 274 g/mol. The van der Waals surface area contributed by atoms with Gasteiger partial charge in [0.05, 0.1) is 18.5 Å². The van der Waals surface area contributed by atoms with Gasteiger partial charge in [-0.2, -0.15) is 0 Å². The van der Waals surface area contributed by atoms with Crippen LogP contribution in [0.5, 0.6) is 0 Å². The lowest BCUT2D eigenvalue weighted by Crippen LogP contribution is -2.30. The Bertz CT molecular complexity index is 341. The summed E-state index contributed by atoms with van der Waals surface area (Å²) in [6, 6.07) is 6.46. The van der Waals surface area contributed by atoms with Gasteiger partial charge >= 0.3 is 0 Å². The minimum atomic E-state index is 0.641. The van der Waals surface area contributed by atoms with Crippen molar-refractivity contribution in [1.29, 1.82) is 0 Å². The molecule has 1 aliphatic heterocycles. The highest BCUT2D eigenvalue weighted by Gasteiger charge is 2.20. The summed E-state index contributed by atoms with van der Waals surface area (Å²) in [5.41, 5.74) is 1.35. The summed E-state index contributed by atoms with van der Waals surface area (Å²) in [6.07, 6.45) is 0. The number of rotatable bonds is 4. The van der Waals surface area contributed by atoms with Gasteiger partial charge in [-0.3, -0.25) is 0 Å². The molecule has 0 unspecified atom stereocenters. The summed E-state index contributed by atoms with van der Waals surface area (Å²) in [5.74, 6) is 0. The normalized spacial score (nSPS) is 16.4. The lowest BCUT2D eigenvalue weighted by Gasteiger charge is -2.26. The Balaban J connectivity index is 2.12. The van der Waals surface area contributed by atoms with E-state index in [1.807, 2.05) is 18.8 Å². The monoisotopic (exact) mass is 287 g/mol. The molecule has 4 heteroatoms. The molecule has 2 rings (SSSR count). The molecule has 1 aromatic rings. The second-order valence-electron chi connectivity index (χ2n) is 3.56. The molecule has 0 aromatic heterocycles. The van der Waals surface area contributed by atoms with Crippen LogP contribution in [0, 0.1) is 0 Å². The lowest BCUT2D eigenvalue weighted by atomic mass is 10.2. The highest BCUT2D eigenvalue weighted by Crippen LogP contribution is 2.32. The van der Waals surface area contributed by atoms with Crippen molar-refractivity contribution in [3.05, 3.63) is 28.2 Å². The van der Waals surface area contributed by atoms with Crippen molar-refractivity contribution in [3.8, 4) is 0 Å². The van der Waals surface area contributed by atoms with E-state index in [0.717, 1.165) is 24.2 Å². The summed E-state index contributed by atoms with van der Waals surface area (Å²) in [5, 5.41) is 3.84. The van der Waals surface area contributed by atoms with E-state index in [1.165, 1.54) is 10.5 Å². The van der Waals surface area contributed by atoms with Crippen LogP contribution in [0.3, 0.4) is 0 Å². The van der Waals surface area contributed by atoms with Crippen molar-refractivity contribution in [2.24, 2.45) is 0 Å². The van der Waals surface area contributed by atoms with Gasteiger partial charge in [0, 0.05) is 15.9 Å². The van der Waals surface area contributed by atoms with Gasteiger partial charge < -0.3 is 10.1 Å². The molecule has 0 spiro atoms. The van der Waals surface area contributed by atoms with Crippen molar-refractivity contribution in [2.75, 3.05) is 20.3 Å². The third-order valence-electron chi connectivity index (χ3n) is 2.29. The van der Waals surface area contributed by atoms with Gasteiger partial charge in [-0.1, -0.05) is 15.9 Å².